The third-order valence-electron chi connectivity index (χ3n) is 11.7. The molecule has 318 valence electrons. The molecule has 0 spiro atoms. The third kappa shape index (κ3) is 8.60. The summed E-state index contributed by atoms with van der Waals surface area (Å²) in [6, 6.07) is 12.3. The van der Waals surface area contributed by atoms with Crippen molar-refractivity contribution in [2.24, 2.45) is 27.6 Å². The average Bonchev–Trinajstić information content (AvgIpc) is 3.94. The molecular formula is C46H51N7O8. The first-order valence-corrected chi connectivity index (χ1v) is 20.7. The Labute approximate surface area is 354 Å². The maximum absolute atomic E-state index is 13.9. The molecule has 0 radical (unpaired) electrons. The summed E-state index contributed by atoms with van der Waals surface area (Å²) in [5, 5.41) is 5.49. The number of hydrogen-bond acceptors (Lipinski definition) is 11. The molecule has 0 saturated heterocycles. The highest BCUT2D eigenvalue weighted by atomic mass is 16.5. The molecule has 4 aliphatic heterocycles. The van der Waals surface area contributed by atoms with Crippen LogP contribution in [-0.4, -0.2) is 97.5 Å². The maximum atomic E-state index is 13.9. The van der Waals surface area contributed by atoms with Gasteiger partial charge in [-0.1, -0.05) is 26.0 Å². The highest BCUT2D eigenvalue weighted by Gasteiger charge is 2.38. The molecule has 4 N–H and O–H groups in total. The van der Waals surface area contributed by atoms with Crippen LogP contribution in [0.4, 0.5) is 17.1 Å². The monoisotopic (exact) mass is 829 g/mol. The van der Waals surface area contributed by atoms with E-state index in [9.17, 15) is 19.2 Å². The molecule has 15 nitrogen and oxygen atoms in total. The summed E-state index contributed by atoms with van der Waals surface area (Å²) in [4.78, 5) is 65.4. The van der Waals surface area contributed by atoms with Gasteiger partial charge in [0.15, 0.2) is 23.0 Å². The van der Waals surface area contributed by atoms with Crippen LogP contribution in [0.2, 0.25) is 0 Å². The van der Waals surface area contributed by atoms with Gasteiger partial charge in [-0.05, 0) is 79.0 Å². The number of anilines is 1. The molecule has 4 atom stereocenters. The van der Waals surface area contributed by atoms with Gasteiger partial charge in [0.1, 0.15) is 6.04 Å². The Morgan fingerprint density at radius 2 is 1.33 bits per heavy atom. The van der Waals surface area contributed by atoms with E-state index in [4.69, 9.17) is 29.7 Å². The third-order valence-corrected chi connectivity index (χ3v) is 11.7. The Morgan fingerprint density at radius 1 is 0.770 bits per heavy atom. The summed E-state index contributed by atoms with van der Waals surface area (Å²) in [5.74, 6) is 1.27. The molecule has 4 heterocycles. The second-order valence-electron chi connectivity index (χ2n) is 16.3. The van der Waals surface area contributed by atoms with Crippen molar-refractivity contribution in [2.75, 3.05) is 32.8 Å². The van der Waals surface area contributed by atoms with Crippen LogP contribution in [0.1, 0.15) is 79.2 Å². The lowest BCUT2D eigenvalue weighted by Gasteiger charge is -2.19. The van der Waals surface area contributed by atoms with E-state index in [2.05, 4.69) is 15.6 Å². The predicted molar refractivity (Wildman–Crippen MR) is 231 cm³/mol. The maximum Gasteiger partial charge on any atom is 0.260 e. The first-order valence-electron chi connectivity index (χ1n) is 20.7. The van der Waals surface area contributed by atoms with Crippen molar-refractivity contribution in [2.45, 2.75) is 77.0 Å². The number of nitrogens with two attached hydrogens (primary N) is 1. The van der Waals surface area contributed by atoms with Crippen LogP contribution in [-0.2, 0) is 9.59 Å². The zero-order valence-corrected chi connectivity index (χ0v) is 35.0. The summed E-state index contributed by atoms with van der Waals surface area (Å²) in [7, 11) is 3.07. The molecule has 5 aliphatic rings. The fourth-order valence-corrected chi connectivity index (χ4v) is 7.82. The van der Waals surface area contributed by atoms with Gasteiger partial charge in [0, 0.05) is 55.5 Å². The number of amides is 4. The minimum atomic E-state index is -0.771. The zero-order chi connectivity index (χ0) is 42.9. The van der Waals surface area contributed by atoms with Gasteiger partial charge in [-0.2, -0.15) is 0 Å². The lowest BCUT2D eigenvalue weighted by molar-refractivity contribution is -0.127. The molecule has 1 aliphatic carbocycles. The second kappa shape index (κ2) is 17.2. The SMILES string of the molecule is COc1cc2c(cc1OCCCOc1cc3c(cc1OC)C(=O)N1C=C(C4CC4)CC1C=N3)N=CC1CC(c3ccc(NC(=O)[C@H](C)NC(=O)[C@@H](N)C(C)C)cc3)=CN1C2=O. The van der Waals surface area contributed by atoms with E-state index < -0.39 is 12.1 Å². The molecule has 4 amide bonds. The van der Waals surface area contributed by atoms with Crippen molar-refractivity contribution in [3.63, 3.8) is 0 Å². The number of methoxy groups -OCH3 is 2. The van der Waals surface area contributed by atoms with Crippen molar-refractivity contribution >= 4 is 58.7 Å². The van der Waals surface area contributed by atoms with Crippen LogP contribution in [0.25, 0.3) is 5.57 Å². The molecule has 1 fully saturated rings. The number of rotatable bonds is 15. The van der Waals surface area contributed by atoms with Crippen LogP contribution in [0.5, 0.6) is 23.0 Å². The van der Waals surface area contributed by atoms with E-state index in [-0.39, 0.29) is 48.2 Å². The van der Waals surface area contributed by atoms with Gasteiger partial charge in [0.05, 0.1) is 68.1 Å². The number of nitrogens with one attached hydrogen (secondary N) is 2. The summed E-state index contributed by atoms with van der Waals surface area (Å²) in [5.41, 5.74) is 11.5. The van der Waals surface area contributed by atoms with E-state index in [0.717, 1.165) is 17.6 Å². The molecular weight excluding hydrogens is 779 g/mol. The van der Waals surface area contributed by atoms with Crippen molar-refractivity contribution in [1.82, 2.24) is 15.1 Å². The summed E-state index contributed by atoms with van der Waals surface area (Å²) in [6.45, 7) is 5.88. The molecule has 3 aromatic carbocycles. The molecule has 1 saturated carbocycles. The van der Waals surface area contributed by atoms with Crippen LogP contribution in [0, 0.1) is 11.8 Å². The lowest BCUT2D eigenvalue weighted by atomic mass is 10.0. The van der Waals surface area contributed by atoms with E-state index in [1.54, 1.807) is 66.4 Å². The zero-order valence-electron chi connectivity index (χ0n) is 35.0. The van der Waals surface area contributed by atoms with E-state index in [1.165, 1.54) is 25.5 Å². The second-order valence-corrected chi connectivity index (χ2v) is 16.3. The van der Waals surface area contributed by atoms with E-state index in [0.29, 0.717) is 76.6 Å². The first-order chi connectivity index (χ1) is 29.4. The topological polar surface area (TPSA) is 186 Å². The minimum absolute atomic E-state index is 0.0553. The number of carbonyl (C=O) groups excluding carboxylic acids is 4. The highest BCUT2D eigenvalue weighted by Crippen LogP contribution is 2.45. The average molecular weight is 830 g/mol. The van der Waals surface area contributed by atoms with Crippen molar-refractivity contribution in [3.8, 4) is 23.0 Å². The van der Waals surface area contributed by atoms with Crippen LogP contribution < -0.4 is 35.3 Å². The number of benzene rings is 3. The van der Waals surface area contributed by atoms with Gasteiger partial charge >= 0.3 is 0 Å². The minimum Gasteiger partial charge on any atom is -0.493 e. The van der Waals surface area contributed by atoms with Crippen molar-refractivity contribution < 1.29 is 38.1 Å². The summed E-state index contributed by atoms with van der Waals surface area (Å²) in [6.07, 6.45) is 11.7. The number of aliphatic imine (C=N–C) groups is 2. The van der Waals surface area contributed by atoms with Gasteiger partial charge in [0.2, 0.25) is 11.8 Å². The van der Waals surface area contributed by atoms with Gasteiger partial charge < -0.3 is 45.1 Å². The van der Waals surface area contributed by atoms with Crippen molar-refractivity contribution in [3.05, 3.63) is 83.2 Å². The molecule has 61 heavy (non-hydrogen) atoms. The Bertz CT molecular complexity index is 2370. The van der Waals surface area contributed by atoms with E-state index >= 15 is 0 Å². The molecule has 8 rings (SSSR count). The van der Waals surface area contributed by atoms with Crippen LogP contribution >= 0.6 is 0 Å². The number of ether oxygens (including phenoxy) is 4. The highest BCUT2D eigenvalue weighted by molar-refractivity contribution is 6.06. The molecule has 3 aromatic rings. The molecule has 15 heteroatoms. The van der Waals surface area contributed by atoms with Crippen LogP contribution in [0.15, 0.2) is 76.5 Å². The molecule has 0 bridgehead atoms. The Balaban J connectivity index is 0.865. The van der Waals surface area contributed by atoms with Gasteiger partial charge in [-0.15, -0.1) is 0 Å². The number of fused-ring (bicyclic) bond motifs is 4. The number of nitrogens with zero attached hydrogens (tertiary/aromatic N) is 4. The predicted octanol–water partition coefficient (Wildman–Crippen LogP) is 6.17. The fraction of sp³-hybridized carbons (Fsp3) is 0.391. The number of carbonyl (C=O) groups is 4. The molecule has 0 aromatic heterocycles. The van der Waals surface area contributed by atoms with Crippen LogP contribution in [0.3, 0.4) is 0 Å². The summed E-state index contributed by atoms with van der Waals surface area (Å²) < 4.78 is 23.5. The van der Waals surface area contributed by atoms with Gasteiger partial charge in [0.25, 0.3) is 11.8 Å². The molecule has 2 unspecified atom stereocenters. The Morgan fingerprint density at radius 3 is 1.87 bits per heavy atom. The Hall–Kier alpha value is -6.48. The number of hydrogen-bond donors (Lipinski definition) is 3. The normalized spacial score (nSPS) is 19.7. The first kappa shape index (κ1) is 41.3. The van der Waals surface area contributed by atoms with Gasteiger partial charge in [-0.25, -0.2) is 0 Å². The lowest BCUT2D eigenvalue weighted by Crippen LogP contribution is -2.50. The smallest absolute Gasteiger partial charge is 0.260 e. The quantitative estimate of drug-likeness (QED) is 0.151. The largest absolute Gasteiger partial charge is 0.493 e. The summed E-state index contributed by atoms with van der Waals surface area (Å²) >= 11 is 0. The fourth-order valence-electron chi connectivity index (χ4n) is 7.82. The van der Waals surface area contributed by atoms with E-state index in [1.807, 2.05) is 44.6 Å². The standard InChI is InChI=1S/C46H51N7O8/c1-25(2)42(47)44(55)50-26(3)43(54)51-31-11-9-28(10-12-31)30-16-33-22-49-37-20-41(39(59-5)18-35(37)46(57)53(33)24-30)61-14-6-13-60-40-19-36-34(17-38(40)58-4)45(56)52-23-29(27-7-8-27)15-32(52)21-48-36/h9-12,17-27,32-33,42H,6-8,13-16,47H2,1-5H3,(H,50,55)(H,51,54)/t26-,32?,33?,42-/m0/s1. The van der Waals surface area contributed by atoms with Crippen molar-refractivity contribution in [1.29, 1.82) is 0 Å². The Kier molecular flexibility index (Phi) is 11.7. The van der Waals surface area contributed by atoms with Gasteiger partial charge in [-0.3, -0.25) is 29.2 Å².